The first-order valence-electron chi connectivity index (χ1n) is 9.92. The molecule has 2 bridgehead atoms. The molecule has 1 aromatic carbocycles. The van der Waals surface area contributed by atoms with Gasteiger partial charge in [0.05, 0.1) is 0 Å². The van der Waals surface area contributed by atoms with Gasteiger partial charge in [0.2, 0.25) is 0 Å². The molecule has 3 aliphatic rings. The van der Waals surface area contributed by atoms with E-state index in [2.05, 4.69) is 65.5 Å². The number of carbonyl (C=O) groups is 2. The first kappa shape index (κ1) is 25.9. The molecule has 3 fully saturated rings. The molecule has 4 nitrogen and oxygen atoms in total. The Morgan fingerprint density at radius 2 is 1.50 bits per heavy atom. The zero-order chi connectivity index (χ0) is 22.1. The third kappa shape index (κ3) is 9.20. The van der Waals surface area contributed by atoms with Gasteiger partial charge in [-0.05, 0) is 54.9 Å². The summed E-state index contributed by atoms with van der Waals surface area (Å²) in [6.07, 6.45) is 4.15. The summed E-state index contributed by atoms with van der Waals surface area (Å²) in [6.45, 7) is 17.6. The number of hydrogen-bond donors (Lipinski definition) is 2. The highest BCUT2D eigenvalue weighted by molar-refractivity contribution is 5.63. The monoisotopic (exact) mass is 390 g/mol. The summed E-state index contributed by atoms with van der Waals surface area (Å²) in [7, 11) is 0. The van der Waals surface area contributed by atoms with Gasteiger partial charge in [0.15, 0.2) is 0 Å². The average molecular weight is 391 g/mol. The normalized spacial score (nSPS) is 20.8. The lowest BCUT2D eigenvalue weighted by molar-refractivity contribution is -0.135. The van der Waals surface area contributed by atoms with Crippen LogP contribution in [0.4, 0.5) is 0 Å². The number of fused-ring (bicyclic) bond motifs is 2. The van der Waals surface area contributed by atoms with Crippen LogP contribution in [0.25, 0.3) is 0 Å². The second kappa shape index (κ2) is 11.7. The smallest absolute Gasteiger partial charge is 0.300 e. The Bertz CT molecular complexity index is 619. The van der Waals surface area contributed by atoms with E-state index in [-0.39, 0.29) is 0 Å². The number of aryl methyl sites for hydroxylation is 1. The molecular formula is C24H38O4. The average Bonchev–Trinajstić information content (AvgIpc) is 2.54. The molecule has 28 heavy (non-hydrogen) atoms. The van der Waals surface area contributed by atoms with Crippen LogP contribution in [0.15, 0.2) is 36.4 Å². The van der Waals surface area contributed by atoms with Crippen molar-refractivity contribution in [2.24, 2.45) is 17.3 Å². The molecule has 2 N–H and O–H groups in total. The number of carboxylic acids is 2. The molecule has 0 spiro atoms. The molecule has 0 aromatic heterocycles. The maximum Gasteiger partial charge on any atom is 0.300 e. The van der Waals surface area contributed by atoms with E-state index >= 15 is 0 Å². The second-order valence-corrected chi connectivity index (χ2v) is 8.61. The molecule has 0 radical (unpaired) electrons. The third-order valence-electron chi connectivity index (χ3n) is 5.52. The first-order chi connectivity index (χ1) is 12.8. The van der Waals surface area contributed by atoms with Gasteiger partial charge in [-0.15, -0.1) is 0 Å². The van der Waals surface area contributed by atoms with Crippen molar-refractivity contribution in [3.63, 3.8) is 0 Å². The number of aliphatic carboxylic acids is 2. The van der Waals surface area contributed by atoms with E-state index in [9.17, 15) is 0 Å². The summed E-state index contributed by atoms with van der Waals surface area (Å²) in [5.41, 5.74) is 4.89. The lowest BCUT2D eigenvalue weighted by Gasteiger charge is -2.57. The number of allylic oxidation sites excluding steroid dienone is 1. The lowest BCUT2D eigenvalue weighted by Crippen LogP contribution is -2.48. The highest BCUT2D eigenvalue weighted by Crippen LogP contribution is 2.60. The number of hydrogen-bond acceptors (Lipinski definition) is 2. The van der Waals surface area contributed by atoms with Crippen LogP contribution in [0.2, 0.25) is 0 Å². The summed E-state index contributed by atoms with van der Waals surface area (Å²) in [5.74, 6) is 0.870. The van der Waals surface area contributed by atoms with Gasteiger partial charge in [-0.1, -0.05) is 69.7 Å². The van der Waals surface area contributed by atoms with Gasteiger partial charge < -0.3 is 10.2 Å². The molecule has 4 heteroatoms. The van der Waals surface area contributed by atoms with Crippen molar-refractivity contribution >= 4 is 11.9 Å². The fourth-order valence-corrected chi connectivity index (χ4v) is 3.68. The van der Waals surface area contributed by atoms with Gasteiger partial charge in [-0.25, -0.2) is 0 Å². The first-order valence-corrected chi connectivity index (χ1v) is 9.92. The van der Waals surface area contributed by atoms with Gasteiger partial charge in [0.25, 0.3) is 11.9 Å². The van der Waals surface area contributed by atoms with Crippen LogP contribution < -0.4 is 0 Å². The molecule has 2 unspecified atom stereocenters. The maximum atomic E-state index is 9.00. The largest absolute Gasteiger partial charge is 0.481 e. The van der Waals surface area contributed by atoms with Gasteiger partial charge in [-0.3, -0.25) is 9.59 Å². The summed E-state index contributed by atoms with van der Waals surface area (Å²) in [5, 5.41) is 14.8. The molecule has 3 saturated carbocycles. The standard InChI is InChI=1S/C10H16.C10H14.2C2H4O2/c1-7-4-5-8-6-9(7)10(8,2)3;1-8(2)10-6-4-9(3)5-7-10;2*1-2(3)4/h8-9H,1,4-6H2,2-3H3;4-8H,1-3H3;2*1H3,(H,3,4). The van der Waals surface area contributed by atoms with Crippen LogP contribution in [0.1, 0.15) is 77.8 Å². The number of benzene rings is 1. The summed E-state index contributed by atoms with van der Waals surface area (Å²) in [4.78, 5) is 18.0. The zero-order valence-electron chi connectivity index (χ0n) is 18.6. The van der Waals surface area contributed by atoms with E-state index in [1.54, 1.807) is 0 Å². The molecule has 1 aromatic rings. The van der Waals surface area contributed by atoms with Gasteiger partial charge in [-0.2, -0.15) is 0 Å². The zero-order valence-corrected chi connectivity index (χ0v) is 18.6. The molecule has 0 heterocycles. The Kier molecular flexibility index (Phi) is 10.8. The molecule has 4 rings (SSSR count). The van der Waals surface area contributed by atoms with E-state index in [4.69, 9.17) is 19.8 Å². The fraction of sp³-hybridized carbons (Fsp3) is 0.583. The molecule has 158 valence electrons. The Balaban J connectivity index is 0.000000382. The SMILES string of the molecule is C=C1CCC2CC1C2(C)C.CC(=O)O.CC(=O)O.Cc1ccc(C(C)C)cc1. The van der Waals surface area contributed by atoms with E-state index in [0.29, 0.717) is 11.3 Å². The van der Waals surface area contributed by atoms with Crippen molar-refractivity contribution in [2.45, 2.75) is 73.6 Å². The Labute approximate surface area is 170 Å². The topological polar surface area (TPSA) is 74.6 Å². The van der Waals surface area contributed by atoms with E-state index < -0.39 is 11.9 Å². The molecule has 2 atom stereocenters. The second-order valence-electron chi connectivity index (χ2n) is 8.61. The van der Waals surface area contributed by atoms with Crippen molar-refractivity contribution in [3.05, 3.63) is 47.5 Å². The summed E-state index contributed by atoms with van der Waals surface area (Å²) in [6, 6.07) is 8.71. The van der Waals surface area contributed by atoms with Crippen molar-refractivity contribution in [3.8, 4) is 0 Å². The Morgan fingerprint density at radius 1 is 1.07 bits per heavy atom. The quantitative estimate of drug-likeness (QED) is 0.552. The van der Waals surface area contributed by atoms with Crippen molar-refractivity contribution in [1.29, 1.82) is 0 Å². The minimum atomic E-state index is -0.833. The lowest BCUT2D eigenvalue weighted by atomic mass is 9.47. The van der Waals surface area contributed by atoms with Gasteiger partial charge >= 0.3 is 0 Å². The third-order valence-corrected chi connectivity index (χ3v) is 5.52. The Morgan fingerprint density at radius 3 is 1.75 bits per heavy atom. The van der Waals surface area contributed by atoms with Gasteiger partial charge in [0, 0.05) is 13.8 Å². The van der Waals surface area contributed by atoms with E-state index in [1.165, 1.54) is 36.0 Å². The molecule has 0 saturated heterocycles. The molecule has 0 amide bonds. The van der Waals surface area contributed by atoms with Crippen molar-refractivity contribution < 1.29 is 19.8 Å². The minimum absolute atomic E-state index is 0.606. The summed E-state index contributed by atoms with van der Waals surface area (Å²) < 4.78 is 0. The number of carboxylic acid groups (broad SMARTS) is 2. The highest BCUT2D eigenvalue weighted by atomic mass is 16.4. The minimum Gasteiger partial charge on any atom is -0.481 e. The van der Waals surface area contributed by atoms with Crippen molar-refractivity contribution in [1.82, 2.24) is 0 Å². The fourth-order valence-electron chi connectivity index (χ4n) is 3.68. The van der Waals surface area contributed by atoms with Crippen molar-refractivity contribution in [2.75, 3.05) is 0 Å². The molecule has 3 aliphatic carbocycles. The van der Waals surface area contributed by atoms with Crippen LogP contribution in [0, 0.1) is 24.2 Å². The van der Waals surface area contributed by atoms with Gasteiger partial charge in [0.1, 0.15) is 0 Å². The maximum absolute atomic E-state index is 9.00. The predicted molar refractivity (Wildman–Crippen MR) is 116 cm³/mol. The molecular weight excluding hydrogens is 352 g/mol. The highest BCUT2D eigenvalue weighted by Gasteiger charge is 2.51. The van der Waals surface area contributed by atoms with Crippen LogP contribution in [-0.2, 0) is 9.59 Å². The van der Waals surface area contributed by atoms with E-state index in [0.717, 1.165) is 25.7 Å². The predicted octanol–water partition coefficient (Wildman–Crippen LogP) is 6.30. The Hall–Kier alpha value is -2.10. The number of rotatable bonds is 1. The molecule has 0 aliphatic heterocycles. The van der Waals surface area contributed by atoms with E-state index in [1.807, 2.05) is 0 Å². The van der Waals surface area contributed by atoms with Crippen LogP contribution in [0.5, 0.6) is 0 Å². The van der Waals surface area contributed by atoms with Crippen LogP contribution in [-0.4, -0.2) is 22.2 Å². The van der Waals surface area contributed by atoms with Crippen LogP contribution >= 0.6 is 0 Å². The van der Waals surface area contributed by atoms with Crippen LogP contribution in [0.3, 0.4) is 0 Å². The summed E-state index contributed by atoms with van der Waals surface area (Å²) >= 11 is 0.